The summed E-state index contributed by atoms with van der Waals surface area (Å²) in [4.78, 5) is 70.8. The third-order valence-corrected chi connectivity index (χ3v) is 10.2. The average Bonchev–Trinajstić information content (AvgIpc) is 3.75. The van der Waals surface area contributed by atoms with Crippen LogP contribution in [0.1, 0.15) is 98.3 Å². The molecule has 2 heterocycles. The molecule has 0 bridgehead atoms. The van der Waals surface area contributed by atoms with Gasteiger partial charge in [0.05, 0.1) is 12.1 Å². The Labute approximate surface area is 286 Å². The van der Waals surface area contributed by atoms with E-state index in [0.29, 0.717) is 12.3 Å². The van der Waals surface area contributed by atoms with E-state index in [9.17, 15) is 24.0 Å². The molecule has 0 radical (unpaired) electrons. The van der Waals surface area contributed by atoms with Gasteiger partial charge in [0.25, 0.3) is 5.91 Å². The van der Waals surface area contributed by atoms with Crippen molar-refractivity contribution >= 4 is 29.5 Å². The predicted molar refractivity (Wildman–Crippen MR) is 187 cm³/mol. The Morgan fingerprint density at radius 1 is 0.979 bits per heavy atom. The zero-order valence-electron chi connectivity index (χ0n) is 29.5. The first-order valence-electron chi connectivity index (χ1n) is 18.1. The van der Waals surface area contributed by atoms with Gasteiger partial charge in [-0.05, 0) is 62.7 Å². The molecule has 4 aliphatic rings. The van der Waals surface area contributed by atoms with Crippen LogP contribution < -0.4 is 21.3 Å². The minimum absolute atomic E-state index is 0.0503. The molecular formula is C37H58N6O5. The summed E-state index contributed by atoms with van der Waals surface area (Å²) in [5.41, 5.74) is 0.674. The largest absolute Gasteiger partial charge is 0.373 e. The van der Waals surface area contributed by atoms with Crippen molar-refractivity contribution in [2.75, 3.05) is 26.2 Å². The molecule has 0 aromatic rings. The molecule has 266 valence electrons. The fourth-order valence-corrected chi connectivity index (χ4v) is 7.25. The Hall–Kier alpha value is -3.63. The van der Waals surface area contributed by atoms with Gasteiger partial charge in [-0.25, -0.2) is 4.79 Å². The third-order valence-electron chi connectivity index (χ3n) is 10.2. The summed E-state index contributed by atoms with van der Waals surface area (Å²) in [6.07, 6.45) is 18.4. The number of carbonyl (C=O) groups is 5. The fraction of sp³-hybridized carbons (Fsp3) is 0.703. The number of piperidine rings is 1. The number of hydrogen-bond acceptors (Lipinski definition) is 6. The second-order valence-corrected chi connectivity index (χ2v) is 15.1. The van der Waals surface area contributed by atoms with Crippen LogP contribution in [-0.2, 0) is 19.2 Å². The normalized spacial score (nSPS) is 22.8. The van der Waals surface area contributed by atoms with Crippen molar-refractivity contribution in [2.24, 2.45) is 17.3 Å². The first kappa shape index (κ1) is 37.2. The maximum atomic E-state index is 14.2. The van der Waals surface area contributed by atoms with Crippen molar-refractivity contribution in [3.05, 3.63) is 36.6 Å². The first-order chi connectivity index (χ1) is 22.9. The predicted octanol–water partition coefficient (Wildman–Crippen LogP) is 3.96. The van der Waals surface area contributed by atoms with Crippen LogP contribution in [0.5, 0.6) is 0 Å². The molecule has 2 aliphatic heterocycles. The third kappa shape index (κ3) is 10.2. The van der Waals surface area contributed by atoms with Crippen LogP contribution in [-0.4, -0.2) is 89.7 Å². The van der Waals surface area contributed by atoms with Gasteiger partial charge in [0.15, 0.2) is 0 Å². The number of ketones is 1. The van der Waals surface area contributed by atoms with Gasteiger partial charge in [0.1, 0.15) is 12.1 Å². The van der Waals surface area contributed by atoms with Gasteiger partial charge in [-0.3, -0.25) is 19.2 Å². The molecule has 0 aromatic carbocycles. The lowest BCUT2D eigenvalue weighted by molar-refractivity contribution is -0.143. The number of likely N-dealkylation sites (tertiary alicyclic amines) is 1. The molecule has 2 saturated carbocycles. The summed E-state index contributed by atoms with van der Waals surface area (Å²) in [5.74, 6) is -1.74. The molecular weight excluding hydrogens is 608 g/mol. The Balaban J connectivity index is 1.45. The van der Waals surface area contributed by atoms with E-state index < -0.39 is 41.1 Å². The van der Waals surface area contributed by atoms with E-state index in [1.807, 2.05) is 20.8 Å². The first-order valence-corrected chi connectivity index (χ1v) is 18.1. The lowest BCUT2D eigenvalue weighted by Gasteiger charge is -2.40. The summed E-state index contributed by atoms with van der Waals surface area (Å²) in [7, 11) is 0. The molecule has 3 fully saturated rings. The summed E-state index contributed by atoms with van der Waals surface area (Å²) in [6.45, 7) is 13.4. The molecule has 4 rings (SSSR count). The molecule has 0 spiro atoms. The van der Waals surface area contributed by atoms with Gasteiger partial charge in [-0.15, -0.1) is 6.58 Å². The van der Waals surface area contributed by atoms with Gasteiger partial charge < -0.3 is 31.1 Å². The minimum atomic E-state index is -0.984. The van der Waals surface area contributed by atoms with Crippen molar-refractivity contribution in [2.45, 2.75) is 122 Å². The van der Waals surface area contributed by atoms with Gasteiger partial charge >= 0.3 is 6.03 Å². The molecule has 48 heavy (non-hydrogen) atoms. The standard InChI is InChI=1S/C37H58N6O5/c1-6-20-38-34(46)31(44)28(23-25-18-19-25)39-33(45)30-17-13-22-43(30)35(47)32(37(3,4)5)41-36(48)40-29(26-14-9-8-10-15-26)24-42-21-12-11-16-27(42)7-2/h6-7,13,17,25-26,28-30,32H,1,8-12,14-16,18-24H2,2-5H3,(H,38,46)(H,39,45)(H2,40,41,48)/t28?,29-,30+,32-/m1/s1. The minimum Gasteiger partial charge on any atom is -0.373 e. The van der Waals surface area contributed by atoms with Crippen LogP contribution in [0.4, 0.5) is 4.79 Å². The maximum Gasteiger partial charge on any atom is 0.315 e. The number of Topliss-reactive ketones (excluding diaryl/α,β-unsaturated/α-hetero) is 1. The Kier molecular flexibility index (Phi) is 13.3. The van der Waals surface area contributed by atoms with Crippen molar-refractivity contribution in [3.8, 4) is 0 Å². The Morgan fingerprint density at radius 3 is 2.35 bits per heavy atom. The topological polar surface area (TPSA) is 140 Å². The number of urea groups is 1. The highest BCUT2D eigenvalue weighted by molar-refractivity contribution is 6.38. The molecule has 11 nitrogen and oxygen atoms in total. The summed E-state index contributed by atoms with van der Waals surface area (Å²) < 4.78 is 0. The number of nitrogens with one attached hydrogen (secondary N) is 4. The highest BCUT2D eigenvalue weighted by atomic mass is 16.2. The van der Waals surface area contributed by atoms with Crippen molar-refractivity contribution in [1.82, 2.24) is 31.1 Å². The van der Waals surface area contributed by atoms with Crippen LogP contribution in [0.3, 0.4) is 0 Å². The van der Waals surface area contributed by atoms with Crippen molar-refractivity contribution in [1.29, 1.82) is 0 Å². The number of allylic oxidation sites excluding steroid dienone is 2. The highest BCUT2D eigenvalue weighted by Gasteiger charge is 2.42. The molecule has 0 aromatic heterocycles. The van der Waals surface area contributed by atoms with Crippen LogP contribution in [0, 0.1) is 17.3 Å². The SMILES string of the molecule is C=CCNC(=O)C(=O)C(CC1CC1)NC(=O)[C@@H]1C=CCN1C(=O)[C@@H](NC(=O)N[C@H](CN1CCCCC1=CC)C1CCCCC1)C(C)(C)C. The van der Waals surface area contributed by atoms with Gasteiger partial charge in [-0.2, -0.15) is 0 Å². The van der Waals surface area contributed by atoms with E-state index in [0.717, 1.165) is 64.5 Å². The van der Waals surface area contributed by atoms with E-state index in [2.05, 4.69) is 45.7 Å². The second-order valence-electron chi connectivity index (χ2n) is 15.1. The van der Waals surface area contributed by atoms with E-state index >= 15 is 0 Å². The van der Waals surface area contributed by atoms with E-state index in [1.165, 1.54) is 29.5 Å². The molecule has 11 heteroatoms. The van der Waals surface area contributed by atoms with Crippen molar-refractivity contribution in [3.63, 3.8) is 0 Å². The maximum absolute atomic E-state index is 14.2. The monoisotopic (exact) mass is 666 g/mol. The molecule has 4 atom stereocenters. The molecule has 5 amide bonds. The molecule has 1 unspecified atom stereocenters. The lowest BCUT2D eigenvalue weighted by atomic mass is 9.83. The van der Waals surface area contributed by atoms with Crippen molar-refractivity contribution < 1.29 is 24.0 Å². The zero-order chi connectivity index (χ0) is 34.8. The molecule has 1 saturated heterocycles. The summed E-state index contributed by atoms with van der Waals surface area (Å²) in [5, 5.41) is 11.6. The quantitative estimate of drug-likeness (QED) is 0.164. The number of amides is 5. The number of rotatable bonds is 14. The summed E-state index contributed by atoms with van der Waals surface area (Å²) >= 11 is 0. The molecule has 2 aliphatic carbocycles. The number of hydrogen-bond donors (Lipinski definition) is 4. The van der Waals surface area contributed by atoms with E-state index in [-0.39, 0.29) is 37.0 Å². The average molecular weight is 667 g/mol. The highest BCUT2D eigenvalue weighted by Crippen LogP contribution is 2.34. The van der Waals surface area contributed by atoms with Crippen LogP contribution in [0.15, 0.2) is 36.6 Å². The van der Waals surface area contributed by atoms with Crippen LogP contribution >= 0.6 is 0 Å². The second kappa shape index (κ2) is 17.2. The van der Waals surface area contributed by atoms with Crippen LogP contribution in [0.25, 0.3) is 0 Å². The Morgan fingerprint density at radius 2 is 1.71 bits per heavy atom. The van der Waals surface area contributed by atoms with E-state index in [4.69, 9.17) is 0 Å². The lowest BCUT2D eigenvalue weighted by Crippen LogP contribution is -2.61. The van der Waals surface area contributed by atoms with Gasteiger partial charge in [-0.1, -0.05) is 77.2 Å². The zero-order valence-corrected chi connectivity index (χ0v) is 29.5. The Bertz CT molecular complexity index is 1240. The summed E-state index contributed by atoms with van der Waals surface area (Å²) in [6, 6.07) is -3.29. The van der Waals surface area contributed by atoms with Gasteiger partial charge in [0, 0.05) is 31.9 Å². The molecule has 4 N–H and O–H groups in total. The number of nitrogens with zero attached hydrogens (tertiary/aromatic N) is 2. The fourth-order valence-electron chi connectivity index (χ4n) is 7.25. The van der Waals surface area contributed by atoms with Crippen LogP contribution in [0.2, 0.25) is 0 Å². The number of carbonyl (C=O) groups excluding carboxylic acids is 5. The smallest absolute Gasteiger partial charge is 0.315 e. The van der Waals surface area contributed by atoms with E-state index in [1.54, 1.807) is 12.2 Å². The van der Waals surface area contributed by atoms with Gasteiger partial charge in [0.2, 0.25) is 17.6 Å².